The highest BCUT2D eigenvalue weighted by atomic mass is 32.1. The molecule has 2 aromatic carbocycles. The topological polar surface area (TPSA) is 110 Å². The summed E-state index contributed by atoms with van der Waals surface area (Å²) in [7, 11) is 0. The molecular formula is C25H19FN4O4S. The molecule has 5 aromatic rings. The van der Waals surface area contributed by atoms with Gasteiger partial charge in [0.15, 0.2) is 6.61 Å². The summed E-state index contributed by atoms with van der Waals surface area (Å²) in [6, 6.07) is 13.6. The normalized spacial score (nSPS) is 11.9. The van der Waals surface area contributed by atoms with E-state index in [-0.39, 0.29) is 24.4 Å². The maximum atomic E-state index is 13.3. The van der Waals surface area contributed by atoms with Crippen LogP contribution in [0.5, 0.6) is 0 Å². The summed E-state index contributed by atoms with van der Waals surface area (Å²) < 4.78 is 23.9. The molecule has 0 aliphatic rings. The predicted octanol–water partition coefficient (Wildman–Crippen LogP) is 4.50. The van der Waals surface area contributed by atoms with Gasteiger partial charge in [-0.2, -0.15) is 16.3 Å². The molecule has 0 bridgehead atoms. The Balaban J connectivity index is 1.33. The lowest BCUT2D eigenvalue weighted by Crippen LogP contribution is -2.43. The van der Waals surface area contributed by atoms with Crippen LogP contribution < -0.4 is 5.32 Å². The SMILES string of the molecule is O=C(N[C@@H](Cc1c[nH]c2ccccc12)C(=O)OCc1noc(-c2ccsc2)n1)c1ccc(F)cc1. The smallest absolute Gasteiger partial charge is 0.329 e. The first kappa shape index (κ1) is 22.5. The molecule has 35 heavy (non-hydrogen) atoms. The number of hydrogen-bond acceptors (Lipinski definition) is 7. The third-order valence-electron chi connectivity index (χ3n) is 5.37. The number of benzene rings is 2. The van der Waals surface area contributed by atoms with Gasteiger partial charge in [-0.05, 0) is 47.3 Å². The van der Waals surface area contributed by atoms with Crippen molar-refractivity contribution in [3.63, 3.8) is 0 Å². The minimum atomic E-state index is -1.00. The highest BCUT2D eigenvalue weighted by Gasteiger charge is 2.25. The number of fused-ring (bicyclic) bond motifs is 1. The van der Waals surface area contributed by atoms with Gasteiger partial charge in [0, 0.05) is 34.5 Å². The number of amides is 1. The Hall–Kier alpha value is -4.31. The highest BCUT2D eigenvalue weighted by Crippen LogP contribution is 2.21. The van der Waals surface area contributed by atoms with Crippen LogP contribution in [0.4, 0.5) is 4.39 Å². The van der Waals surface area contributed by atoms with Crippen LogP contribution in [0.15, 0.2) is 76.1 Å². The average Bonchev–Trinajstić information content (AvgIpc) is 3.64. The Labute approximate surface area is 202 Å². The third kappa shape index (κ3) is 5.12. The molecule has 0 saturated heterocycles. The summed E-state index contributed by atoms with van der Waals surface area (Å²) in [6.45, 7) is -0.219. The number of rotatable bonds is 8. The van der Waals surface area contributed by atoms with Crippen LogP contribution in [-0.2, 0) is 22.6 Å². The molecule has 0 radical (unpaired) electrons. The van der Waals surface area contributed by atoms with Crippen molar-refractivity contribution in [2.75, 3.05) is 0 Å². The van der Waals surface area contributed by atoms with E-state index < -0.39 is 23.7 Å². The standard InChI is InChI=1S/C25H19FN4O4S/c26-18-7-5-15(6-8-18)23(31)28-21(11-17-12-27-20-4-2-1-3-19(17)20)25(32)33-13-22-29-24(34-30-22)16-9-10-35-14-16/h1-10,12,14,21,27H,11,13H2,(H,28,31)/t21-/m0/s1. The molecule has 2 N–H and O–H groups in total. The van der Waals surface area contributed by atoms with Crippen molar-refractivity contribution in [2.45, 2.75) is 19.1 Å². The van der Waals surface area contributed by atoms with E-state index in [4.69, 9.17) is 9.26 Å². The van der Waals surface area contributed by atoms with E-state index in [0.717, 1.165) is 22.0 Å². The fraction of sp³-hybridized carbons (Fsp3) is 0.120. The fourth-order valence-corrected chi connectivity index (χ4v) is 4.24. The average molecular weight is 491 g/mol. The van der Waals surface area contributed by atoms with Gasteiger partial charge in [0.1, 0.15) is 11.9 Å². The molecule has 1 atom stereocenters. The fourth-order valence-electron chi connectivity index (χ4n) is 3.61. The van der Waals surface area contributed by atoms with Crippen LogP contribution in [0.1, 0.15) is 21.7 Å². The van der Waals surface area contributed by atoms with E-state index in [9.17, 15) is 14.0 Å². The number of carbonyl (C=O) groups is 2. The van der Waals surface area contributed by atoms with E-state index in [1.54, 1.807) is 6.20 Å². The van der Waals surface area contributed by atoms with Gasteiger partial charge < -0.3 is 19.6 Å². The van der Waals surface area contributed by atoms with Crippen LogP contribution in [0.2, 0.25) is 0 Å². The van der Waals surface area contributed by atoms with Crippen LogP contribution in [0.25, 0.3) is 22.4 Å². The second-order valence-electron chi connectivity index (χ2n) is 7.73. The van der Waals surface area contributed by atoms with E-state index in [1.807, 2.05) is 41.1 Å². The number of ether oxygens (including phenoxy) is 1. The molecule has 0 aliphatic carbocycles. The molecule has 8 nitrogen and oxygen atoms in total. The number of nitrogens with zero attached hydrogens (tertiary/aromatic N) is 2. The number of para-hydroxylation sites is 1. The van der Waals surface area contributed by atoms with Crippen molar-refractivity contribution in [3.05, 3.63) is 94.3 Å². The highest BCUT2D eigenvalue weighted by molar-refractivity contribution is 7.08. The molecule has 0 saturated carbocycles. The van der Waals surface area contributed by atoms with Gasteiger partial charge >= 0.3 is 5.97 Å². The zero-order chi connectivity index (χ0) is 24.2. The maximum absolute atomic E-state index is 13.3. The lowest BCUT2D eigenvalue weighted by molar-refractivity contribution is -0.147. The lowest BCUT2D eigenvalue weighted by atomic mass is 10.0. The Morgan fingerprint density at radius 1 is 1.14 bits per heavy atom. The van der Waals surface area contributed by atoms with Crippen molar-refractivity contribution < 1.29 is 23.2 Å². The van der Waals surface area contributed by atoms with E-state index in [0.29, 0.717) is 5.89 Å². The van der Waals surface area contributed by atoms with Crippen molar-refractivity contribution >= 4 is 34.1 Å². The van der Waals surface area contributed by atoms with E-state index >= 15 is 0 Å². The van der Waals surface area contributed by atoms with Crippen LogP contribution in [-0.4, -0.2) is 33.0 Å². The number of aromatic nitrogens is 3. The molecule has 176 valence electrons. The lowest BCUT2D eigenvalue weighted by Gasteiger charge is -2.17. The second-order valence-corrected chi connectivity index (χ2v) is 8.51. The van der Waals surface area contributed by atoms with Gasteiger partial charge in [0.25, 0.3) is 11.8 Å². The summed E-state index contributed by atoms with van der Waals surface area (Å²) >= 11 is 1.50. The zero-order valence-corrected chi connectivity index (χ0v) is 19.0. The molecule has 0 fully saturated rings. The Morgan fingerprint density at radius 2 is 1.97 bits per heavy atom. The zero-order valence-electron chi connectivity index (χ0n) is 18.2. The minimum absolute atomic E-state index is 0.183. The van der Waals surface area contributed by atoms with Gasteiger partial charge in [0.05, 0.1) is 5.56 Å². The molecule has 3 aromatic heterocycles. The molecule has 10 heteroatoms. The summed E-state index contributed by atoms with van der Waals surface area (Å²) in [5.74, 6) is -1.11. The number of H-pyrrole nitrogens is 1. The number of nitrogens with one attached hydrogen (secondary N) is 2. The van der Waals surface area contributed by atoms with Crippen molar-refractivity contribution in [2.24, 2.45) is 0 Å². The van der Waals surface area contributed by atoms with Gasteiger partial charge in [-0.25, -0.2) is 9.18 Å². The summed E-state index contributed by atoms with van der Waals surface area (Å²) in [5, 5.41) is 11.2. The van der Waals surface area contributed by atoms with Crippen molar-refractivity contribution in [3.8, 4) is 11.5 Å². The largest absolute Gasteiger partial charge is 0.456 e. The van der Waals surface area contributed by atoms with Crippen molar-refractivity contribution in [1.82, 2.24) is 20.4 Å². The van der Waals surface area contributed by atoms with Gasteiger partial charge in [-0.15, -0.1) is 0 Å². The van der Waals surface area contributed by atoms with Crippen LogP contribution in [0.3, 0.4) is 0 Å². The minimum Gasteiger partial charge on any atom is -0.456 e. The predicted molar refractivity (Wildman–Crippen MR) is 127 cm³/mol. The molecule has 5 rings (SSSR count). The maximum Gasteiger partial charge on any atom is 0.329 e. The molecule has 0 spiro atoms. The molecule has 1 amide bonds. The quantitative estimate of drug-likeness (QED) is 0.310. The number of esters is 1. The van der Waals surface area contributed by atoms with Gasteiger partial charge in [0.2, 0.25) is 5.82 Å². The Morgan fingerprint density at radius 3 is 2.77 bits per heavy atom. The summed E-state index contributed by atoms with van der Waals surface area (Å²) in [4.78, 5) is 33.2. The summed E-state index contributed by atoms with van der Waals surface area (Å²) in [5.41, 5.74) is 2.75. The second kappa shape index (κ2) is 9.90. The first-order chi connectivity index (χ1) is 17.1. The van der Waals surface area contributed by atoms with Gasteiger partial charge in [-0.3, -0.25) is 4.79 Å². The number of carbonyl (C=O) groups excluding carboxylic acids is 2. The molecule has 3 heterocycles. The number of hydrogen-bond donors (Lipinski definition) is 2. The first-order valence-corrected chi connectivity index (χ1v) is 11.6. The molecule has 0 unspecified atom stereocenters. The van der Waals surface area contributed by atoms with E-state index in [1.165, 1.54) is 35.6 Å². The number of aromatic amines is 1. The van der Waals surface area contributed by atoms with E-state index in [2.05, 4.69) is 20.4 Å². The van der Waals surface area contributed by atoms with Crippen LogP contribution >= 0.6 is 11.3 Å². The van der Waals surface area contributed by atoms with Crippen molar-refractivity contribution in [1.29, 1.82) is 0 Å². The number of halogens is 1. The Bertz CT molecular complexity index is 1460. The molecular weight excluding hydrogens is 471 g/mol. The third-order valence-corrected chi connectivity index (χ3v) is 6.06. The number of thiophene rings is 1. The molecule has 0 aliphatic heterocycles. The summed E-state index contributed by atoms with van der Waals surface area (Å²) in [6.07, 6.45) is 1.98. The van der Waals surface area contributed by atoms with Crippen LogP contribution in [0, 0.1) is 5.82 Å². The Kier molecular flexibility index (Phi) is 6.36. The first-order valence-electron chi connectivity index (χ1n) is 10.7. The van der Waals surface area contributed by atoms with Gasteiger partial charge in [-0.1, -0.05) is 23.4 Å². The monoisotopic (exact) mass is 490 g/mol.